The van der Waals surface area contributed by atoms with Gasteiger partial charge in [-0.15, -0.1) is 0 Å². The molecule has 2 saturated carbocycles. The Morgan fingerprint density at radius 2 is 1.35 bits per heavy atom. The summed E-state index contributed by atoms with van der Waals surface area (Å²) in [5, 5.41) is 0. The summed E-state index contributed by atoms with van der Waals surface area (Å²) in [6, 6.07) is 0.724. The van der Waals surface area contributed by atoms with Gasteiger partial charge in [-0.1, -0.05) is 0 Å². The molecule has 5 nitrogen and oxygen atoms in total. The van der Waals surface area contributed by atoms with Gasteiger partial charge in [0.05, 0.1) is 24.4 Å². The van der Waals surface area contributed by atoms with Crippen molar-refractivity contribution in [3.8, 4) is 0 Å². The van der Waals surface area contributed by atoms with Gasteiger partial charge < -0.3 is 18.9 Å². The van der Waals surface area contributed by atoms with Gasteiger partial charge in [0.15, 0.2) is 0 Å². The molecule has 9 atom stereocenters. The van der Waals surface area contributed by atoms with Crippen molar-refractivity contribution in [2.24, 2.45) is 23.7 Å². The van der Waals surface area contributed by atoms with E-state index in [9.17, 15) is 0 Å². The first-order valence-electron chi connectivity index (χ1n) is 10.5. The molecule has 4 fully saturated rings. The van der Waals surface area contributed by atoms with Crippen LogP contribution in [0.3, 0.4) is 0 Å². The van der Waals surface area contributed by atoms with Crippen LogP contribution in [0.25, 0.3) is 0 Å². The van der Waals surface area contributed by atoms with Crippen molar-refractivity contribution in [2.45, 2.75) is 69.0 Å². The second-order valence-electron chi connectivity index (χ2n) is 9.01. The highest BCUT2D eigenvalue weighted by molar-refractivity contribution is 5.03. The van der Waals surface area contributed by atoms with E-state index in [-0.39, 0.29) is 24.4 Å². The van der Waals surface area contributed by atoms with Gasteiger partial charge in [-0.2, -0.15) is 0 Å². The zero-order valence-electron chi connectivity index (χ0n) is 16.9. The smallest absolute Gasteiger partial charge is 0.0875 e. The standard InChI is InChI=1S/C21H37NO4/c1-23-18-6-5-13-9-17-15-11-20(25-3)19(24-2)10-14(15)7-8-22(17)12-16(13)21(18)26-4/h13-21H,5-12H2,1-4H3. The topological polar surface area (TPSA) is 40.2 Å². The molecule has 2 aliphatic heterocycles. The van der Waals surface area contributed by atoms with E-state index < -0.39 is 0 Å². The highest BCUT2D eigenvalue weighted by Crippen LogP contribution is 2.49. The molecule has 0 aromatic carbocycles. The van der Waals surface area contributed by atoms with E-state index >= 15 is 0 Å². The molecule has 4 aliphatic rings. The van der Waals surface area contributed by atoms with Crippen LogP contribution in [0.4, 0.5) is 0 Å². The summed E-state index contributed by atoms with van der Waals surface area (Å²) in [7, 11) is 7.40. The van der Waals surface area contributed by atoms with Crippen LogP contribution in [-0.2, 0) is 18.9 Å². The van der Waals surface area contributed by atoms with Gasteiger partial charge in [-0.3, -0.25) is 4.90 Å². The van der Waals surface area contributed by atoms with Crippen LogP contribution < -0.4 is 0 Å². The molecule has 0 radical (unpaired) electrons. The van der Waals surface area contributed by atoms with Crippen molar-refractivity contribution in [2.75, 3.05) is 41.5 Å². The number of piperidine rings is 2. The van der Waals surface area contributed by atoms with Crippen LogP contribution in [0, 0.1) is 23.7 Å². The molecule has 9 unspecified atom stereocenters. The Labute approximate surface area is 158 Å². The highest BCUT2D eigenvalue weighted by atomic mass is 16.5. The summed E-state index contributed by atoms with van der Waals surface area (Å²) in [5.74, 6) is 2.98. The van der Waals surface area contributed by atoms with E-state index in [2.05, 4.69) is 4.90 Å². The summed E-state index contributed by atoms with van der Waals surface area (Å²) in [5.41, 5.74) is 0. The zero-order valence-corrected chi connectivity index (χ0v) is 16.9. The van der Waals surface area contributed by atoms with Crippen LogP contribution in [0.15, 0.2) is 0 Å². The second kappa shape index (κ2) is 8.04. The molecule has 2 saturated heterocycles. The fourth-order valence-electron chi connectivity index (χ4n) is 6.86. The Hall–Kier alpha value is -0.200. The SMILES string of the molecule is COC1CC2CCN3CC4C(CCC(OC)C4OC)CC3C2CC1OC. The lowest BCUT2D eigenvalue weighted by molar-refractivity contribution is -0.158. The molecule has 0 aromatic rings. The van der Waals surface area contributed by atoms with E-state index in [1.54, 1.807) is 0 Å². The van der Waals surface area contributed by atoms with Crippen molar-refractivity contribution >= 4 is 0 Å². The van der Waals surface area contributed by atoms with Crippen LogP contribution in [0.1, 0.15) is 38.5 Å². The molecule has 0 aromatic heterocycles. The Balaban J connectivity index is 1.49. The normalized spacial score (nSPS) is 49.2. The maximum Gasteiger partial charge on any atom is 0.0875 e. The summed E-state index contributed by atoms with van der Waals surface area (Å²) >= 11 is 0. The average molecular weight is 368 g/mol. The van der Waals surface area contributed by atoms with Crippen LogP contribution in [0.2, 0.25) is 0 Å². The first-order valence-corrected chi connectivity index (χ1v) is 10.5. The van der Waals surface area contributed by atoms with Crippen LogP contribution >= 0.6 is 0 Å². The Kier molecular flexibility index (Phi) is 5.92. The van der Waals surface area contributed by atoms with Crippen molar-refractivity contribution in [1.82, 2.24) is 4.90 Å². The average Bonchev–Trinajstić information content (AvgIpc) is 2.70. The van der Waals surface area contributed by atoms with Gasteiger partial charge >= 0.3 is 0 Å². The highest BCUT2D eigenvalue weighted by Gasteiger charge is 2.51. The number of hydrogen-bond donors (Lipinski definition) is 0. The minimum atomic E-state index is 0.258. The van der Waals surface area contributed by atoms with Crippen molar-refractivity contribution in [3.05, 3.63) is 0 Å². The van der Waals surface area contributed by atoms with Crippen molar-refractivity contribution < 1.29 is 18.9 Å². The molecule has 0 amide bonds. The first-order chi connectivity index (χ1) is 12.7. The largest absolute Gasteiger partial charge is 0.379 e. The van der Waals surface area contributed by atoms with Gasteiger partial charge in [0, 0.05) is 46.9 Å². The van der Waals surface area contributed by atoms with Crippen molar-refractivity contribution in [1.29, 1.82) is 0 Å². The molecular formula is C21H37NO4. The van der Waals surface area contributed by atoms with E-state index in [0.29, 0.717) is 5.92 Å². The fourth-order valence-corrected chi connectivity index (χ4v) is 6.86. The Bertz CT molecular complexity index is 473. The lowest BCUT2D eigenvalue weighted by Gasteiger charge is -2.57. The van der Waals surface area contributed by atoms with Gasteiger partial charge in [0.1, 0.15) is 0 Å². The maximum absolute atomic E-state index is 5.93. The first kappa shape index (κ1) is 19.1. The molecule has 26 heavy (non-hydrogen) atoms. The molecule has 2 heterocycles. The third kappa shape index (κ3) is 3.24. The third-order valence-corrected chi connectivity index (χ3v) is 8.20. The fraction of sp³-hybridized carbons (Fsp3) is 1.00. The van der Waals surface area contributed by atoms with E-state index in [0.717, 1.165) is 36.6 Å². The van der Waals surface area contributed by atoms with E-state index in [1.165, 1.54) is 38.8 Å². The van der Waals surface area contributed by atoms with Gasteiger partial charge in [-0.05, 0) is 62.8 Å². The monoisotopic (exact) mass is 367 g/mol. The van der Waals surface area contributed by atoms with Crippen LogP contribution in [0.5, 0.6) is 0 Å². The molecule has 2 aliphatic carbocycles. The minimum Gasteiger partial charge on any atom is -0.379 e. The molecule has 4 rings (SSSR count). The Morgan fingerprint density at radius 1 is 0.654 bits per heavy atom. The molecule has 150 valence electrons. The zero-order chi connectivity index (χ0) is 18.3. The number of methoxy groups -OCH3 is 4. The summed E-state index contributed by atoms with van der Waals surface area (Å²) in [4.78, 5) is 2.78. The summed E-state index contributed by atoms with van der Waals surface area (Å²) < 4.78 is 23.2. The second-order valence-corrected chi connectivity index (χ2v) is 9.01. The predicted octanol–water partition coefficient (Wildman–Crippen LogP) is 2.58. The van der Waals surface area contributed by atoms with Gasteiger partial charge in [0.25, 0.3) is 0 Å². The quantitative estimate of drug-likeness (QED) is 0.764. The number of nitrogens with zero attached hydrogens (tertiary/aromatic N) is 1. The van der Waals surface area contributed by atoms with E-state index in [1.807, 2.05) is 28.4 Å². The third-order valence-electron chi connectivity index (χ3n) is 8.20. The van der Waals surface area contributed by atoms with Gasteiger partial charge in [-0.25, -0.2) is 0 Å². The molecule has 5 heteroatoms. The molecular weight excluding hydrogens is 330 g/mol. The maximum atomic E-state index is 5.93. The predicted molar refractivity (Wildman–Crippen MR) is 100 cm³/mol. The summed E-state index contributed by atoms with van der Waals surface area (Å²) in [6.07, 6.45) is 8.46. The minimum absolute atomic E-state index is 0.258. The lowest BCUT2D eigenvalue weighted by atomic mass is 9.62. The van der Waals surface area contributed by atoms with Crippen LogP contribution in [-0.4, -0.2) is 76.9 Å². The molecule has 0 bridgehead atoms. The lowest BCUT2D eigenvalue weighted by Crippen LogP contribution is -2.62. The Morgan fingerprint density at radius 3 is 2.04 bits per heavy atom. The van der Waals surface area contributed by atoms with Crippen molar-refractivity contribution in [3.63, 3.8) is 0 Å². The van der Waals surface area contributed by atoms with Gasteiger partial charge in [0.2, 0.25) is 0 Å². The number of rotatable bonds is 4. The molecule has 0 N–H and O–H groups in total. The summed E-state index contributed by atoms with van der Waals surface area (Å²) in [6.45, 7) is 2.42. The van der Waals surface area contributed by atoms with E-state index in [4.69, 9.17) is 18.9 Å². The number of ether oxygens (including phenoxy) is 4. The number of fused-ring (bicyclic) bond motifs is 4. The number of hydrogen-bond acceptors (Lipinski definition) is 5. The molecule has 0 spiro atoms.